The van der Waals surface area contributed by atoms with Crippen molar-refractivity contribution in [3.05, 3.63) is 59.9 Å². The largest absolute Gasteiger partial charge is 0.481 e. The molecule has 0 saturated carbocycles. The van der Waals surface area contributed by atoms with Crippen LogP contribution in [0.1, 0.15) is 38.2 Å². The quantitative estimate of drug-likeness (QED) is 0.699. The first-order valence-electron chi connectivity index (χ1n) is 8.89. The molecule has 0 aliphatic rings. The maximum absolute atomic E-state index is 12.7. The summed E-state index contributed by atoms with van der Waals surface area (Å²) in [6.07, 6.45) is -0.704. The third-order valence-electron chi connectivity index (χ3n) is 4.31. The van der Waals surface area contributed by atoms with E-state index in [0.717, 1.165) is 16.9 Å². The second-order valence-electron chi connectivity index (χ2n) is 6.77. The van der Waals surface area contributed by atoms with Gasteiger partial charge in [-0.15, -0.1) is 0 Å². The summed E-state index contributed by atoms with van der Waals surface area (Å²) >= 11 is 0. The van der Waals surface area contributed by atoms with Crippen molar-refractivity contribution in [1.82, 2.24) is 15.3 Å². The highest BCUT2D eigenvalue weighted by Gasteiger charge is 2.25. The van der Waals surface area contributed by atoms with Gasteiger partial charge in [-0.2, -0.15) is 5.26 Å². The van der Waals surface area contributed by atoms with E-state index in [4.69, 9.17) is 10.00 Å². The van der Waals surface area contributed by atoms with Crippen LogP contribution in [-0.2, 0) is 4.79 Å². The molecule has 2 atom stereocenters. The van der Waals surface area contributed by atoms with Gasteiger partial charge in [-0.05, 0) is 43.2 Å². The number of fused-ring (bicyclic) bond motifs is 1. The Morgan fingerprint density at radius 1 is 1.19 bits per heavy atom. The summed E-state index contributed by atoms with van der Waals surface area (Å²) in [5, 5.41) is 12.0. The van der Waals surface area contributed by atoms with Gasteiger partial charge in [-0.3, -0.25) is 4.79 Å². The van der Waals surface area contributed by atoms with Crippen molar-refractivity contribution in [2.45, 2.75) is 32.9 Å². The molecule has 0 aliphatic carbocycles. The van der Waals surface area contributed by atoms with Gasteiger partial charge < -0.3 is 15.0 Å². The normalized spacial score (nSPS) is 13.1. The fourth-order valence-corrected chi connectivity index (χ4v) is 2.84. The van der Waals surface area contributed by atoms with Crippen LogP contribution in [0.4, 0.5) is 0 Å². The van der Waals surface area contributed by atoms with Crippen LogP contribution in [0.5, 0.6) is 5.75 Å². The minimum atomic E-state index is -0.704. The number of nitrogens with one attached hydrogen (secondary N) is 2. The molecule has 138 valence electrons. The minimum Gasteiger partial charge on any atom is -0.481 e. The zero-order valence-electron chi connectivity index (χ0n) is 15.6. The molecular weight excluding hydrogens is 340 g/mol. The van der Waals surface area contributed by atoms with E-state index in [2.05, 4.69) is 21.4 Å². The molecule has 3 rings (SSSR count). The van der Waals surface area contributed by atoms with E-state index < -0.39 is 6.10 Å². The lowest BCUT2D eigenvalue weighted by atomic mass is 10.0. The summed E-state index contributed by atoms with van der Waals surface area (Å²) in [5.41, 5.74) is 2.29. The Morgan fingerprint density at radius 2 is 1.96 bits per heavy atom. The second-order valence-corrected chi connectivity index (χ2v) is 6.77. The van der Waals surface area contributed by atoms with Crippen molar-refractivity contribution < 1.29 is 9.53 Å². The molecule has 0 spiro atoms. The number of nitriles is 1. The number of carbonyl (C=O) groups excluding carboxylic acids is 1. The molecule has 0 radical (unpaired) electrons. The zero-order valence-corrected chi connectivity index (χ0v) is 15.6. The van der Waals surface area contributed by atoms with E-state index in [-0.39, 0.29) is 17.9 Å². The van der Waals surface area contributed by atoms with Crippen molar-refractivity contribution in [2.75, 3.05) is 0 Å². The number of hydrogen-bond acceptors (Lipinski definition) is 4. The maximum Gasteiger partial charge on any atom is 0.261 e. The van der Waals surface area contributed by atoms with Gasteiger partial charge in [0, 0.05) is 0 Å². The van der Waals surface area contributed by atoms with Crippen LogP contribution in [0, 0.1) is 17.2 Å². The van der Waals surface area contributed by atoms with Crippen LogP contribution >= 0.6 is 0 Å². The molecule has 1 amide bonds. The number of aromatic amines is 1. The van der Waals surface area contributed by atoms with E-state index in [0.29, 0.717) is 11.3 Å². The highest BCUT2D eigenvalue weighted by Crippen LogP contribution is 2.23. The average molecular weight is 362 g/mol. The van der Waals surface area contributed by atoms with Gasteiger partial charge in [-0.25, -0.2) is 4.98 Å². The van der Waals surface area contributed by atoms with Gasteiger partial charge in [0.2, 0.25) is 0 Å². The second kappa shape index (κ2) is 7.92. The maximum atomic E-state index is 12.7. The summed E-state index contributed by atoms with van der Waals surface area (Å²) in [6.45, 7) is 5.74. The zero-order chi connectivity index (χ0) is 19.4. The van der Waals surface area contributed by atoms with Gasteiger partial charge in [0.25, 0.3) is 5.91 Å². The fraction of sp³-hybridized carbons (Fsp3) is 0.286. The monoisotopic (exact) mass is 362 g/mol. The molecule has 1 heterocycles. The van der Waals surface area contributed by atoms with Crippen LogP contribution in [0.2, 0.25) is 0 Å². The number of benzene rings is 2. The van der Waals surface area contributed by atoms with Crippen LogP contribution in [-0.4, -0.2) is 22.0 Å². The molecule has 0 fully saturated rings. The standard InChI is InChI=1S/C21H22N4O2/c1-13(2)19(20-23-17-9-4-5-10-18(17)24-20)25-21(26)14(3)27-16-8-6-7-15(11-16)12-22/h4-11,13-14,19H,1-3H3,(H,23,24)(H,25,26)/t14?,19-/m0/s1. The summed E-state index contributed by atoms with van der Waals surface area (Å²) in [7, 11) is 0. The number of nitrogens with zero attached hydrogens (tertiary/aromatic N) is 2. The van der Waals surface area contributed by atoms with Crippen molar-refractivity contribution in [1.29, 1.82) is 5.26 Å². The molecule has 0 saturated heterocycles. The fourth-order valence-electron chi connectivity index (χ4n) is 2.84. The topological polar surface area (TPSA) is 90.8 Å². The number of H-pyrrole nitrogens is 1. The third-order valence-corrected chi connectivity index (χ3v) is 4.31. The van der Waals surface area contributed by atoms with E-state index in [1.54, 1.807) is 31.2 Å². The summed E-state index contributed by atoms with van der Waals surface area (Å²) in [5.74, 6) is 1.11. The number of imidazole rings is 1. The third kappa shape index (κ3) is 4.26. The van der Waals surface area contributed by atoms with Crippen molar-refractivity contribution in [3.8, 4) is 11.8 Å². The lowest BCUT2D eigenvalue weighted by molar-refractivity contribution is -0.128. The molecule has 0 aliphatic heterocycles. The summed E-state index contributed by atoms with van der Waals surface area (Å²) in [4.78, 5) is 20.6. The first-order valence-corrected chi connectivity index (χ1v) is 8.89. The summed E-state index contributed by atoms with van der Waals surface area (Å²) < 4.78 is 5.70. The molecule has 1 aromatic heterocycles. The van der Waals surface area contributed by atoms with E-state index >= 15 is 0 Å². The molecule has 1 unspecified atom stereocenters. The molecule has 2 aromatic carbocycles. The Balaban J connectivity index is 1.73. The van der Waals surface area contributed by atoms with Crippen LogP contribution in [0.15, 0.2) is 48.5 Å². The van der Waals surface area contributed by atoms with Crippen LogP contribution < -0.4 is 10.1 Å². The van der Waals surface area contributed by atoms with Gasteiger partial charge in [0.1, 0.15) is 11.6 Å². The number of carbonyl (C=O) groups is 1. The molecule has 6 nitrogen and oxygen atoms in total. The number of rotatable bonds is 6. The van der Waals surface area contributed by atoms with Crippen molar-refractivity contribution in [2.24, 2.45) is 5.92 Å². The SMILES string of the molecule is CC(Oc1cccc(C#N)c1)C(=O)N[C@H](c1nc2ccccc2[nH]1)C(C)C. The van der Waals surface area contributed by atoms with E-state index in [1.165, 1.54) is 0 Å². The Kier molecular flexibility index (Phi) is 5.41. The Bertz CT molecular complexity index is 954. The predicted octanol–water partition coefficient (Wildman–Crippen LogP) is 3.72. The number of hydrogen-bond donors (Lipinski definition) is 2. The first kappa shape index (κ1) is 18.5. The first-order chi connectivity index (χ1) is 13.0. The smallest absolute Gasteiger partial charge is 0.261 e. The molecule has 2 N–H and O–H groups in total. The number of aromatic nitrogens is 2. The van der Waals surface area contributed by atoms with E-state index in [9.17, 15) is 4.79 Å². The number of para-hydroxylation sites is 2. The van der Waals surface area contributed by atoms with Crippen LogP contribution in [0.25, 0.3) is 11.0 Å². The Hall–Kier alpha value is -3.33. The Labute approximate surface area is 158 Å². The minimum absolute atomic E-state index is 0.142. The summed E-state index contributed by atoms with van der Waals surface area (Å²) in [6, 6.07) is 16.3. The Morgan fingerprint density at radius 3 is 2.67 bits per heavy atom. The van der Waals surface area contributed by atoms with Gasteiger partial charge in [-0.1, -0.05) is 32.0 Å². The lowest BCUT2D eigenvalue weighted by Crippen LogP contribution is -2.40. The predicted molar refractivity (Wildman–Crippen MR) is 103 cm³/mol. The average Bonchev–Trinajstić information content (AvgIpc) is 3.09. The molecule has 27 heavy (non-hydrogen) atoms. The van der Waals surface area contributed by atoms with Gasteiger partial charge in [0.05, 0.1) is 28.7 Å². The van der Waals surface area contributed by atoms with Crippen LogP contribution in [0.3, 0.4) is 0 Å². The van der Waals surface area contributed by atoms with Crippen molar-refractivity contribution in [3.63, 3.8) is 0 Å². The highest BCUT2D eigenvalue weighted by atomic mass is 16.5. The highest BCUT2D eigenvalue weighted by molar-refractivity contribution is 5.81. The number of ether oxygens (including phenoxy) is 1. The molecular formula is C21H22N4O2. The van der Waals surface area contributed by atoms with Gasteiger partial charge in [0.15, 0.2) is 6.10 Å². The molecule has 6 heteroatoms. The molecule has 0 bridgehead atoms. The molecule has 3 aromatic rings. The van der Waals surface area contributed by atoms with Crippen molar-refractivity contribution >= 4 is 16.9 Å². The van der Waals surface area contributed by atoms with Gasteiger partial charge >= 0.3 is 0 Å². The van der Waals surface area contributed by atoms with E-state index in [1.807, 2.05) is 38.1 Å². The lowest BCUT2D eigenvalue weighted by Gasteiger charge is -2.23. The number of amides is 1.